The highest BCUT2D eigenvalue weighted by Gasteiger charge is 2.29. The zero-order chi connectivity index (χ0) is 13.5. The molecular formula is C15H24N2OS. The summed E-state index contributed by atoms with van der Waals surface area (Å²) in [6, 6.07) is 4.38. The van der Waals surface area contributed by atoms with Crippen LogP contribution < -0.4 is 0 Å². The number of rotatable bonds is 7. The third-order valence-corrected chi connectivity index (χ3v) is 4.73. The van der Waals surface area contributed by atoms with Crippen molar-refractivity contribution in [1.29, 1.82) is 0 Å². The molecule has 0 saturated carbocycles. The summed E-state index contributed by atoms with van der Waals surface area (Å²) in [5, 5.41) is 0. The number of nitrogens with zero attached hydrogens (tertiary/aromatic N) is 1. The average molecular weight is 280 g/mol. The number of amides is 1. The summed E-state index contributed by atoms with van der Waals surface area (Å²) >= 11 is 1.91. The largest absolute Gasteiger partial charge is 0.363 e. The second-order valence-electron chi connectivity index (χ2n) is 5.09. The summed E-state index contributed by atoms with van der Waals surface area (Å²) < 4.78 is 0. The molecule has 1 aromatic rings. The number of H-pyrrole nitrogens is 1. The van der Waals surface area contributed by atoms with E-state index in [4.69, 9.17) is 0 Å². The van der Waals surface area contributed by atoms with E-state index in [2.05, 4.69) is 22.9 Å². The Morgan fingerprint density at radius 1 is 1.53 bits per heavy atom. The van der Waals surface area contributed by atoms with Crippen LogP contribution in [0.25, 0.3) is 0 Å². The first kappa shape index (κ1) is 14.5. The van der Waals surface area contributed by atoms with Crippen LogP contribution in [-0.2, 0) is 4.79 Å². The Morgan fingerprint density at radius 2 is 2.42 bits per heavy atom. The Balaban J connectivity index is 1.78. The van der Waals surface area contributed by atoms with Crippen LogP contribution in [0, 0.1) is 0 Å². The van der Waals surface area contributed by atoms with Gasteiger partial charge in [-0.3, -0.25) is 4.79 Å². The lowest BCUT2D eigenvalue weighted by Gasteiger charge is -2.24. The summed E-state index contributed by atoms with van der Waals surface area (Å²) in [7, 11) is 0. The van der Waals surface area contributed by atoms with E-state index in [1.807, 2.05) is 24.0 Å². The smallest absolute Gasteiger partial charge is 0.223 e. The predicted octanol–water partition coefficient (Wildman–Crippen LogP) is 3.60. The van der Waals surface area contributed by atoms with Gasteiger partial charge >= 0.3 is 0 Å². The quantitative estimate of drug-likeness (QED) is 0.775. The number of carbonyl (C=O) groups is 1. The van der Waals surface area contributed by atoms with Crippen LogP contribution >= 0.6 is 11.8 Å². The van der Waals surface area contributed by atoms with E-state index >= 15 is 0 Å². The van der Waals surface area contributed by atoms with Gasteiger partial charge < -0.3 is 9.88 Å². The Bertz CT molecular complexity index is 378. The highest BCUT2D eigenvalue weighted by atomic mass is 32.2. The van der Waals surface area contributed by atoms with Gasteiger partial charge in [-0.1, -0.05) is 13.3 Å². The number of likely N-dealkylation sites (tertiary alicyclic amines) is 1. The van der Waals surface area contributed by atoms with Crippen molar-refractivity contribution in [3.05, 3.63) is 24.0 Å². The SMILES string of the molecule is CCCCSCCC(=O)N1CCC[C@@H]1c1ccc[nH]1. The number of thioether (sulfide) groups is 1. The van der Waals surface area contributed by atoms with Crippen molar-refractivity contribution in [2.45, 2.75) is 45.1 Å². The summed E-state index contributed by atoms with van der Waals surface area (Å²) in [4.78, 5) is 17.6. The Hall–Kier alpha value is -0.900. The van der Waals surface area contributed by atoms with Crippen LogP contribution in [0.1, 0.15) is 50.8 Å². The van der Waals surface area contributed by atoms with E-state index < -0.39 is 0 Å². The molecule has 3 nitrogen and oxygen atoms in total. The first-order valence-electron chi connectivity index (χ1n) is 7.33. The molecule has 1 aliphatic rings. The van der Waals surface area contributed by atoms with Crippen molar-refractivity contribution in [2.75, 3.05) is 18.1 Å². The highest BCUT2D eigenvalue weighted by molar-refractivity contribution is 7.99. The highest BCUT2D eigenvalue weighted by Crippen LogP contribution is 2.31. The number of aromatic nitrogens is 1. The zero-order valence-electron chi connectivity index (χ0n) is 11.7. The summed E-state index contributed by atoms with van der Waals surface area (Å²) in [6.07, 6.45) is 7.34. The standard InChI is InChI=1S/C15H24N2OS/c1-2-3-11-19-12-8-15(18)17-10-5-7-14(17)13-6-4-9-16-13/h4,6,9,14,16H,2-3,5,7-8,10-12H2,1H3/t14-/m1/s1. The molecule has 1 N–H and O–H groups in total. The monoisotopic (exact) mass is 280 g/mol. The second kappa shape index (κ2) is 7.63. The maximum atomic E-state index is 12.3. The number of nitrogens with one attached hydrogen (secondary N) is 1. The first-order valence-corrected chi connectivity index (χ1v) is 8.49. The van der Waals surface area contributed by atoms with Gasteiger partial charge in [0.25, 0.3) is 0 Å². The fourth-order valence-electron chi connectivity index (χ4n) is 2.59. The number of aromatic amines is 1. The summed E-state index contributed by atoms with van der Waals surface area (Å²) in [5.74, 6) is 2.47. The van der Waals surface area contributed by atoms with Gasteiger partial charge in [0.05, 0.1) is 6.04 Å². The fourth-order valence-corrected chi connectivity index (χ4v) is 3.61. The van der Waals surface area contributed by atoms with Gasteiger partial charge in [0, 0.05) is 30.6 Å². The molecular weight excluding hydrogens is 256 g/mol. The minimum Gasteiger partial charge on any atom is -0.363 e. The van der Waals surface area contributed by atoms with Crippen molar-refractivity contribution in [2.24, 2.45) is 0 Å². The van der Waals surface area contributed by atoms with Gasteiger partial charge in [0.1, 0.15) is 0 Å². The molecule has 0 aromatic carbocycles. The van der Waals surface area contributed by atoms with Gasteiger partial charge in [-0.05, 0) is 37.1 Å². The third kappa shape index (κ3) is 4.03. The van der Waals surface area contributed by atoms with E-state index in [-0.39, 0.29) is 6.04 Å². The fraction of sp³-hybridized carbons (Fsp3) is 0.667. The van der Waals surface area contributed by atoms with E-state index in [0.717, 1.165) is 25.1 Å². The van der Waals surface area contributed by atoms with Gasteiger partial charge in [-0.15, -0.1) is 0 Å². The Labute approximate surface area is 120 Å². The molecule has 0 bridgehead atoms. The second-order valence-corrected chi connectivity index (χ2v) is 6.31. The molecule has 1 amide bonds. The molecule has 0 spiro atoms. The van der Waals surface area contributed by atoms with Gasteiger partial charge in [0.2, 0.25) is 5.91 Å². The van der Waals surface area contributed by atoms with Crippen molar-refractivity contribution in [3.8, 4) is 0 Å². The lowest BCUT2D eigenvalue weighted by Crippen LogP contribution is -2.30. The molecule has 1 fully saturated rings. The van der Waals surface area contributed by atoms with Crippen LogP contribution in [0.2, 0.25) is 0 Å². The van der Waals surface area contributed by atoms with Crippen molar-refractivity contribution in [3.63, 3.8) is 0 Å². The van der Waals surface area contributed by atoms with E-state index in [1.54, 1.807) is 0 Å². The molecule has 0 aliphatic carbocycles. The Morgan fingerprint density at radius 3 is 3.16 bits per heavy atom. The van der Waals surface area contributed by atoms with Crippen molar-refractivity contribution >= 4 is 17.7 Å². The van der Waals surface area contributed by atoms with Gasteiger partial charge in [0.15, 0.2) is 0 Å². The molecule has 0 radical (unpaired) electrons. The average Bonchev–Trinajstić information content (AvgIpc) is 3.08. The van der Waals surface area contributed by atoms with Crippen LogP contribution in [0.4, 0.5) is 0 Å². The topological polar surface area (TPSA) is 36.1 Å². The lowest BCUT2D eigenvalue weighted by molar-refractivity contribution is -0.131. The summed E-state index contributed by atoms with van der Waals surface area (Å²) in [5.41, 5.74) is 1.18. The molecule has 0 unspecified atom stereocenters. The van der Waals surface area contributed by atoms with E-state index in [0.29, 0.717) is 12.3 Å². The molecule has 106 valence electrons. The molecule has 1 aromatic heterocycles. The number of hydrogen-bond donors (Lipinski definition) is 1. The molecule has 19 heavy (non-hydrogen) atoms. The third-order valence-electron chi connectivity index (χ3n) is 3.66. The van der Waals surface area contributed by atoms with Gasteiger partial charge in [-0.25, -0.2) is 0 Å². The van der Waals surface area contributed by atoms with Crippen molar-refractivity contribution in [1.82, 2.24) is 9.88 Å². The molecule has 1 saturated heterocycles. The maximum Gasteiger partial charge on any atom is 0.223 e. The molecule has 4 heteroatoms. The van der Waals surface area contributed by atoms with Crippen LogP contribution in [-0.4, -0.2) is 33.8 Å². The van der Waals surface area contributed by atoms with Crippen molar-refractivity contribution < 1.29 is 4.79 Å². The number of unbranched alkanes of at least 4 members (excludes halogenated alkanes) is 1. The maximum absolute atomic E-state index is 12.3. The minimum atomic E-state index is 0.281. The van der Waals surface area contributed by atoms with Crippen LogP contribution in [0.5, 0.6) is 0 Å². The zero-order valence-corrected chi connectivity index (χ0v) is 12.5. The predicted molar refractivity (Wildman–Crippen MR) is 81.3 cm³/mol. The van der Waals surface area contributed by atoms with Gasteiger partial charge in [-0.2, -0.15) is 11.8 Å². The Kier molecular flexibility index (Phi) is 5.83. The minimum absolute atomic E-state index is 0.281. The number of hydrogen-bond acceptors (Lipinski definition) is 2. The normalized spacial score (nSPS) is 19.0. The lowest BCUT2D eigenvalue weighted by atomic mass is 10.1. The number of carbonyl (C=O) groups excluding carboxylic acids is 1. The van der Waals surface area contributed by atoms with E-state index in [1.165, 1.54) is 24.3 Å². The van der Waals surface area contributed by atoms with E-state index in [9.17, 15) is 4.79 Å². The molecule has 1 atom stereocenters. The summed E-state index contributed by atoms with van der Waals surface area (Å²) in [6.45, 7) is 3.12. The first-order chi connectivity index (χ1) is 9.33. The molecule has 2 rings (SSSR count). The molecule has 1 aliphatic heterocycles. The van der Waals surface area contributed by atoms with Crippen LogP contribution in [0.3, 0.4) is 0 Å². The van der Waals surface area contributed by atoms with Crippen LogP contribution in [0.15, 0.2) is 18.3 Å². The molecule has 2 heterocycles.